The van der Waals surface area contributed by atoms with Gasteiger partial charge in [0.25, 0.3) is 11.8 Å². The second-order valence-corrected chi connectivity index (χ2v) is 8.18. The second-order valence-electron chi connectivity index (χ2n) is 7.77. The van der Waals surface area contributed by atoms with E-state index < -0.39 is 17.9 Å². The number of hydrogen-bond acceptors (Lipinski definition) is 5. The van der Waals surface area contributed by atoms with Crippen LogP contribution in [0.15, 0.2) is 42.5 Å². The molecule has 0 bridgehead atoms. The van der Waals surface area contributed by atoms with Gasteiger partial charge in [-0.15, -0.1) is 0 Å². The van der Waals surface area contributed by atoms with E-state index in [0.717, 1.165) is 12.8 Å². The lowest BCUT2D eigenvalue weighted by atomic mass is 10.00. The summed E-state index contributed by atoms with van der Waals surface area (Å²) in [6.45, 7) is 3.32. The highest BCUT2D eigenvalue weighted by Gasteiger charge is 2.24. The van der Waals surface area contributed by atoms with Crippen LogP contribution in [0.1, 0.15) is 64.1 Å². The highest BCUT2D eigenvalue weighted by atomic mass is 35.5. The van der Waals surface area contributed by atoms with E-state index in [1.54, 1.807) is 42.2 Å². The van der Waals surface area contributed by atoms with Gasteiger partial charge in [-0.2, -0.15) is 0 Å². The fourth-order valence-electron chi connectivity index (χ4n) is 3.72. The third-order valence-corrected chi connectivity index (χ3v) is 5.75. The Bertz CT molecular complexity index is 1070. The number of nitrogens with one attached hydrogen (secondary N) is 2. The van der Waals surface area contributed by atoms with E-state index in [0.29, 0.717) is 29.8 Å². The molecule has 0 aliphatic carbocycles. The molecule has 0 aromatic heterocycles. The monoisotopic (exact) mass is 470 g/mol. The van der Waals surface area contributed by atoms with Gasteiger partial charge in [0.15, 0.2) is 0 Å². The first-order valence-corrected chi connectivity index (χ1v) is 11.2. The maximum atomic E-state index is 13.0. The van der Waals surface area contributed by atoms with Gasteiger partial charge < -0.3 is 20.7 Å². The summed E-state index contributed by atoms with van der Waals surface area (Å²) >= 11 is 6.34. The molecule has 33 heavy (non-hydrogen) atoms. The molecule has 8 nitrogen and oxygen atoms in total. The molecule has 1 aliphatic heterocycles. The van der Waals surface area contributed by atoms with Gasteiger partial charge in [0, 0.05) is 24.2 Å². The fourth-order valence-corrected chi connectivity index (χ4v) is 3.99. The molecule has 1 atom stereocenters. The van der Waals surface area contributed by atoms with Crippen LogP contribution in [0.2, 0.25) is 5.02 Å². The largest absolute Gasteiger partial charge is 0.466 e. The lowest BCUT2D eigenvalue weighted by molar-refractivity contribution is -0.143. The number of nitrogens with zero attached hydrogens (tertiary/aromatic N) is 1. The van der Waals surface area contributed by atoms with Gasteiger partial charge in [-0.3, -0.25) is 19.8 Å². The number of rotatable bonds is 8. The summed E-state index contributed by atoms with van der Waals surface area (Å²) < 4.78 is 5.05. The third-order valence-electron chi connectivity index (χ3n) is 5.44. The second kappa shape index (κ2) is 11.0. The minimum absolute atomic E-state index is 0.0970. The zero-order valence-electron chi connectivity index (χ0n) is 18.4. The number of esters is 1. The summed E-state index contributed by atoms with van der Waals surface area (Å²) in [6.07, 6.45) is 1.84. The Hall–Kier alpha value is -3.39. The van der Waals surface area contributed by atoms with Crippen LogP contribution in [0.25, 0.3) is 0 Å². The van der Waals surface area contributed by atoms with Crippen molar-refractivity contribution in [3.8, 4) is 0 Å². The number of carbonyl (C=O) groups excluding carboxylic acids is 3. The Kier molecular flexibility index (Phi) is 8.06. The van der Waals surface area contributed by atoms with Crippen molar-refractivity contribution in [1.29, 1.82) is 5.41 Å². The fraction of sp³-hybridized carbons (Fsp3) is 0.333. The molecule has 1 saturated heterocycles. The van der Waals surface area contributed by atoms with Crippen molar-refractivity contribution in [1.82, 2.24) is 10.2 Å². The molecule has 3 rings (SSSR count). The van der Waals surface area contributed by atoms with Gasteiger partial charge in [0.05, 0.1) is 29.7 Å². The molecular formula is C24H27ClN4O4. The zero-order valence-corrected chi connectivity index (χ0v) is 19.2. The maximum absolute atomic E-state index is 13.0. The van der Waals surface area contributed by atoms with Crippen LogP contribution in [-0.2, 0) is 9.53 Å². The number of nitrogen functional groups attached to an aromatic ring is 1. The van der Waals surface area contributed by atoms with Gasteiger partial charge in [0.1, 0.15) is 5.84 Å². The van der Waals surface area contributed by atoms with Gasteiger partial charge in [-0.25, -0.2) is 0 Å². The Labute approximate surface area is 197 Å². The van der Waals surface area contributed by atoms with Crippen LogP contribution < -0.4 is 11.1 Å². The molecule has 9 heteroatoms. The van der Waals surface area contributed by atoms with Crippen molar-refractivity contribution in [2.24, 2.45) is 5.73 Å². The molecule has 2 aromatic carbocycles. The number of halogens is 1. The summed E-state index contributed by atoms with van der Waals surface area (Å²) in [5, 5.41) is 10.7. The molecule has 174 valence electrons. The summed E-state index contributed by atoms with van der Waals surface area (Å²) in [5.41, 5.74) is 7.28. The van der Waals surface area contributed by atoms with Gasteiger partial charge in [-0.1, -0.05) is 29.8 Å². The average molecular weight is 471 g/mol. The lowest BCUT2D eigenvalue weighted by Crippen LogP contribution is -2.31. The molecule has 2 amide bonds. The first kappa shape index (κ1) is 24.3. The standard InChI is InChI=1S/C24H27ClN4O4/c1-2-33-21(30)14-20(15-6-5-7-16(12-15)22(26)27)28-23(31)17-8-9-18(19(25)13-17)24(32)29-10-3-4-11-29/h5-9,12-13,20H,2-4,10-11,14H2,1H3,(H3,26,27)(H,28,31). The molecule has 1 fully saturated rings. The van der Waals surface area contributed by atoms with Crippen molar-refractivity contribution in [3.63, 3.8) is 0 Å². The molecule has 0 spiro atoms. The normalized spacial score (nSPS) is 13.9. The van der Waals surface area contributed by atoms with Crippen LogP contribution in [0.5, 0.6) is 0 Å². The number of nitrogens with two attached hydrogens (primary N) is 1. The minimum Gasteiger partial charge on any atom is -0.466 e. The van der Waals surface area contributed by atoms with Gasteiger partial charge in [0.2, 0.25) is 0 Å². The van der Waals surface area contributed by atoms with E-state index in [9.17, 15) is 14.4 Å². The quantitative estimate of drug-likeness (QED) is 0.310. The predicted molar refractivity (Wildman–Crippen MR) is 126 cm³/mol. The van der Waals surface area contributed by atoms with E-state index in [1.165, 1.54) is 12.1 Å². The van der Waals surface area contributed by atoms with Gasteiger partial charge >= 0.3 is 5.97 Å². The Morgan fingerprint density at radius 3 is 2.52 bits per heavy atom. The predicted octanol–water partition coefficient (Wildman–Crippen LogP) is 3.28. The molecule has 1 heterocycles. The number of ether oxygens (including phenoxy) is 1. The highest BCUT2D eigenvalue weighted by Crippen LogP contribution is 2.24. The van der Waals surface area contributed by atoms with Crippen molar-refractivity contribution in [2.75, 3.05) is 19.7 Å². The molecule has 2 aromatic rings. The van der Waals surface area contributed by atoms with E-state index in [1.807, 2.05) is 0 Å². The van der Waals surface area contributed by atoms with E-state index in [4.69, 9.17) is 27.5 Å². The minimum atomic E-state index is -0.708. The van der Waals surface area contributed by atoms with E-state index in [-0.39, 0.29) is 35.4 Å². The van der Waals surface area contributed by atoms with Crippen molar-refractivity contribution in [3.05, 3.63) is 69.7 Å². The van der Waals surface area contributed by atoms with Crippen molar-refractivity contribution < 1.29 is 19.1 Å². The van der Waals surface area contributed by atoms with Crippen molar-refractivity contribution >= 4 is 35.2 Å². The molecule has 0 saturated carbocycles. The lowest BCUT2D eigenvalue weighted by Gasteiger charge is -2.20. The first-order valence-electron chi connectivity index (χ1n) is 10.8. The van der Waals surface area contributed by atoms with Crippen LogP contribution in [-0.4, -0.2) is 48.2 Å². The smallest absolute Gasteiger partial charge is 0.308 e. The molecule has 0 radical (unpaired) electrons. The summed E-state index contributed by atoms with van der Waals surface area (Å²) in [6, 6.07) is 10.6. The van der Waals surface area contributed by atoms with Gasteiger partial charge in [-0.05, 0) is 49.6 Å². The van der Waals surface area contributed by atoms with Crippen LogP contribution in [0.3, 0.4) is 0 Å². The summed E-state index contributed by atoms with van der Waals surface area (Å²) in [7, 11) is 0. The topological polar surface area (TPSA) is 126 Å². The number of likely N-dealkylation sites (tertiary alicyclic amines) is 1. The molecular weight excluding hydrogens is 444 g/mol. The molecule has 4 N–H and O–H groups in total. The maximum Gasteiger partial charge on any atom is 0.308 e. The summed E-state index contributed by atoms with van der Waals surface area (Å²) in [5.74, 6) is -1.20. The Balaban J connectivity index is 1.81. The third kappa shape index (κ3) is 6.10. The van der Waals surface area contributed by atoms with E-state index >= 15 is 0 Å². The number of hydrogen-bond donors (Lipinski definition) is 3. The zero-order chi connectivity index (χ0) is 24.0. The molecule has 1 unspecified atom stereocenters. The number of amidine groups is 1. The van der Waals surface area contributed by atoms with Crippen molar-refractivity contribution in [2.45, 2.75) is 32.2 Å². The first-order chi connectivity index (χ1) is 15.8. The van der Waals surface area contributed by atoms with Crippen LogP contribution >= 0.6 is 11.6 Å². The van der Waals surface area contributed by atoms with Crippen LogP contribution in [0, 0.1) is 5.41 Å². The van der Waals surface area contributed by atoms with Crippen LogP contribution in [0.4, 0.5) is 0 Å². The summed E-state index contributed by atoms with van der Waals surface area (Å²) in [4.78, 5) is 39.5. The number of carbonyl (C=O) groups is 3. The molecule has 1 aliphatic rings. The average Bonchev–Trinajstić information content (AvgIpc) is 3.33. The Morgan fingerprint density at radius 1 is 1.15 bits per heavy atom. The highest BCUT2D eigenvalue weighted by molar-refractivity contribution is 6.34. The SMILES string of the molecule is CCOC(=O)CC(NC(=O)c1ccc(C(=O)N2CCCC2)c(Cl)c1)c1cccc(C(=N)N)c1. The Morgan fingerprint density at radius 2 is 1.88 bits per heavy atom. The number of benzene rings is 2. The number of amides is 2. The van der Waals surface area contributed by atoms with E-state index in [2.05, 4.69) is 5.32 Å².